The Morgan fingerprint density at radius 1 is 1.36 bits per heavy atom. The molecule has 0 saturated carbocycles. The number of amides is 1. The van der Waals surface area contributed by atoms with E-state index in [1.54, 1.807) is 17.1 Å². The fourth-order valence-electron chi connectivity index (χ4n) is 2.59. The van der Waals surface area contributed by atoms with Crippen LogP contribution in [0, 0.1) is 0 Å². The third-order valence-corrected chi connectivity index (χ3v) is 4.11. The van der Waals surface area contributed by atoms with Crippen molar-refractivity contribution >= 4 is 40.6 Å². The highest BCUT2D eigenvalue weighted by Crippen LogP contribution is 2.25. The van der Waals surface area contributed by atoms with Crippen molar-refractivity contribution in [2.75, 3.05) is 22.6 Å². The lowest BCUT2D eigenvalue weighted by Gasteiger charge is -2.20. The smallest absolute Gasteiger partial charge is 0.247 e. The second-order valence-electron chi connectivity index (χ2n) is 6.14. The number of nitrogens with one attached hydrogen (secondary N) is 2. The Kier molecular flexibility index (Phi) is 5.90. The minimum absolute atomic E-state index is 0.254. The van der Waals surface area contributed by atoms with Crippen LogP contribution in [0.2, 0.25) is 5.02 Å². The highest BCUT2D eigenvalue weighted by atomic mass is 35.5. The molecule has 8 nitrogen and oxygen atoms in total. The van der Waals surface area contributed by atoms with Gasteiger partial charge in [0.1, 0.15) is 5.02 Å². The van der Waals surface area contributed by atoms with Crippen LogP contribution in [0.25, 0.3) is 0 Å². The zero-order valence-electron chi connectivity index (χ0n) is 15.6. The van der Waals surface area contributed by atoms with Crippen LogP contribution in [0.1, 0.15) is 5.56 Å². The average Bonchev–Trinajstić information content (AvgIpc) is 3.08. The number of aryl methyl sites for hydroxylation is 1. The predicted molar refractivity (Wildman–Crippen MR) is 111 cm³/mol. The number of anilines is 4. The molecule has 0 atom stereocenters. The lowest BCUT2D eigenvalue weighted by Crippen LogP contribution is -2.19. The molecule has 2 heterocycles. The van der Waals surface area contributed by atoms with Crippen LogP contribution in [-0.2, 0) is 18.4 Å². The van der Waals surface area contributed by atoms with E-state index in [0.717, 1.165) is 11.3 Å². The summed E-state index contributed by atoms with van der Waals surface area (Å²) < 4.78 is 1.68. The molecule has 0 bridgehead atoms. The summed E-state index contributed by atoms with van der Waals surface area (Å²) >= 11 is 6.30. The second kappa shape index (κ2) is 8.53. The first-order chi connectivity index (χ1) is 13.4. The maximum absolute atomic E-state index is 11.5. The van der Waals surface area contributed by atoms with Crippen molar-refractivity contribution in [1.29, 1.82) is 0 Å². The van der Waals surface area contributed by atoms with Gasteiger partial charge in [-0.2, -0.15) is 10.1 Å². The van der Waals surface area contributed by atoms with Gasteiger partial charge in [0, 0.05) is 32.5 Å². The highest BCUT2D eigenvalue weighted by molar-refractivity contribution is 6.32. The molecule has 0 aliphatic carbocycles. The van der Waals surface area contributed by atoms with E-state index in [4.69, 9.17) is 11.6 Å². The number of rotatable bonds is 7. The van der Waals surface area contributed by atoms with Crippen LogP contribution in [0.5, 0.6) is 0 Å². The van der Waals surface area contributed by atoms with Crippen LogP contribution < -0.4 is 15.5 Å². The maximum atomic E-state index is 11.5. The van der Waals surface area contributed by atoms with Crippen molar-refractivity contribution < 1.29 is 4.79 Å². The molecule has 0 unspecified atom stereocenters. The van der Waals surface area contributed by atoms with Gasteiger partial charge in [-0.25, -0.2) is 4.98 Å². The van der Waals surface area contributed by atoms with Crippen LogP contribution in [-0.4, -0.2) is 32.7 Å². The molecule has 144 valence electrons. The summed E-state index contributed by atoms with van der Waals surface area (Å²) in [5, 5.41) is 10.4. The van der Waals surface area contributed by atoms with E-state index in [9.17, 15) is 4.79 Å². The molecule has 3 aromatic rings. The first kappa shape index (κ1) is 19.4. The standard InChI is InChI=1S/C19H20ClN7O/c1-4-17(28)23-14-7-5-6-13(8-14)11-26(2)18-16(20)10-21-19(25-18)24-15-9-22-27(3)12-15/h4-10,12H,1,11H2,2-3H3,(H,23,28)(H,21,24,25). The van der Waals surface area contributed by atoms with E-state index >= 15 is 0 Å². The molecule has 28 heavy (non-hydrogen) atoms. The van der Waals surface area contributed by atoms with Gasteiger partial charge < -0.3 is 15.5 Å². The fraction of sp³-hybridized carbons (Fsp3) is 0.158. The van der Waals surface area contributed by atoms with Gasteiger partial charge in [-0.05, 0) is 23.8 Å². The molecule has 0 spiro atoms. The number of carbonyl (C=O) groups excluding carboxylic acids is 1. The van der Waals surface area contributed by atoms with Gasteiger partial charge in [-0.15, -0.1) is 0 Å². The van der Waals surface area contributed by atoms with Crippen LogP contribution in [0.15, 0.2) is 55.5 Å². The van der Waals surface area contributed by atoms with E-state index < -0.39 is 0 Å². The first-order valence-corrected chi connectivity index (χ1v) is 8.84. The van der Waals surface area contributed by atoms with Crippen LogP contribution >= 0.6 is 11.6 Å². The SMILES string of the molecule is C=CC(=O)Nc1cccc(CN(C)c2nc(Nc3cnn(C)c3)ncc2Cl)c1. The number of nitrogens with zero attached hydrogens (tertiary/aromatic N) is 5. The summed E-state index contributed by atoms with van der Waals surface area (Å²) in [6.07, 6.45) is 6.30. The van der Waals surface area contributed by atoms with Crippen molar-refractivity contribution in [2.24, 2.45) is 7.05 Å². The molecule has 3 rings (SSSR count). The third-order valence-electron chi connectivity index (χ3n) is 3.85. The Balaban J connectivity index is 1.75. The quantitative estimate of drug-likeness (QED) is 0.594. The van der Waals surface area contributed by atoms with Crippen molar-refractivity contribution in [3.63, 3.8) is 0 Å². The van der Waals surface area contributed by atoms with Crippen molar-refractivity contribution in [2.45, 2.75) is 6.54 Å². The summed E-state index contributed by atoms with van der Waals surface area (Å²) in [5.41, 5.74) is 2.47. The number of hydrogen-bond acceptors (Lipinski definition) is 6. The number of hydrogen-bond donors (Lipinski definition) is 2. The normalized spacial score (nSPS) is 10.4. The molecule has 0 radical (unpaired) electrons. The largest absolute Gasteiger partial charge is 0.354 e. The topological polar surface area (TPSA) is 88.0 Å². The Morgan fingerprint density at radius 2 is 2.18 bits per heavy atom. The summed E-state index contributed by atoms with van der Waals surface area (Å²) in [7, 11) is 3.72. The summed E-state index contributed by atoms with van der Waals surface area (Å²) in [5.74, 6) is 0.755. The Hall–Kier alpha value is -3.39. The Labute approximate surface area is 167 Å². The Morgan fingerprint density at radius 3 is 2.89 bits per heavy atom. The van der Waals surface area contributed by atoms with Crippen molar-refractivity contribution in [3.8, 4) is 0 Å². The van der Waals surface area contributed by atoms with E-state index in [2.05, 4.69) is 32.3 Å². The molecule has 1 amide bonds. The first-order valence-electron chi connectivity index (χ1n) is 8.46. The fourth-order valence-corrected chi connectivity index (χ4v) is 2.83. The minimum atomic E-state index is -0.254. The molecule has 0 saturated heterocycles. The third kappa shape index (κ3) is 4.86. The zero-order valence-corrected chi connectivity index (χ0v) is 16.3. The zero-order chi connectivity index (χ0) is 20.1. The number of benzene rings is 1. The minimum Gasteiger partial charge on any atom is -0.354 e. The van der Waals surface area contributed by atoms with Crippen molar-refractivity contribution in [1.82, 2.24) is 19.7 Å². The Bertz CT molecular complexity index is 1000. The lowest BCUT2D eigenvalue weighted by atomic mass is 10.2. The molecular weight excluding hydrogens is 378 g/mol. The molecular formula is C19H20ClN7O. The van der Waals surface area contributed by atoms with E-state index in [1.807, 2.05) is 49.5 Å². The maximum Gasteiger partial charge on any atom is 0.247 e. The van der Waals surface area contributed by atoms with Gasteiger partial charge in [0.05, 0.1) is 18.1 Å². The van der Waals surface area contributed by atoms with E-state index in [0.29, 0.717) is 29.0 Å². The second-order valence-corrected chi connectivity index (χ2v) is 6.55. The van der Waals surface area contributed by atoms with Crippen molar-refractivity contribution in [3.05, 3.63) is 66.1 Å². The van der Waals surface area contributed by atoms with Gasteiger partial charge in [0.2, 0.25) is 11.9 Å². The molecule has 9 heteroatoms. The van der Waals surface area contributed by atoms with Gasteiger partial charge in [0.15, 0.2) is 5.82 Å². The van der Waals surface area contributed by atoms with E-state index in [1.165, 1.54) is 6.08 Å². The molecule has 0 fully saturated rings. The molecule has 0 aliphatic rings. The van der Waals surface area contributed by atoms with Gasteiger partial charge in [0.25, 0.3) is 0 Å². The summed E-state index contributed by atoms with van der Waals surface area (Å²) in [4.78, 5) is 22.1. The molecule has 1 aromatic carbocycles. The number of carbonyl (C=O) groups is 1. The van der Waals surface area contributed by atoms with E-state index in [-0.39, 0.29) is 5.91 Å². The average molecular weight is 398 g/mol. The monoisotopic (exact) mass is 397 g/mol. The molecule has 0 aliphatic heterocycles. The number of aromatic nitrogens is 4. The predicted octanol–water partition coefficient (Wildman–Crippen LogP) is 3.37. The molecule has 2 N–H and O–H groups in total. The van der Waals surface area contributed by atoms with Crippen LogP contribution in [0.3, 0.4) is 0 Å². The highest BCUT2D eigenvalue weighted by Gasteiger charge is 2.12. The molecule has 2 aromatic heterocycles. The summed E-state index contributed by atoms with van der Waals surface area (Å²) in [6, 6.07) is 7.54. The van der Waals surface area contributed by atoms with Crippen LogP contribution in [0.4, 0.5) is 23.1 Å². The van der Waals surface area contributed by atoms with Gasteiger partial charge in [-0.3, -0.25) is 9.48 Å². The van der Waals surface area contributed by atoms with Gasteiger partial charge in [-0.1, -0.05) is 30.3 Å². The number of halogens is 1. The van der Waals surface area contributed by atoms with Gasteiger partial charge >= 0.3 is 0 Å². The lowest BCUT2D eigenvalue weighted by molar-refractivity contribution is -0.111. The summed E-state index contributed by atoms with van der Waals surface area (Å²) in [6.45, 7) is 4.00.